The lowest BCUT2D eigenvalue weighted by Crippen LogP contribution is -2.45. The van der Waals surface area contributed by atoms with Gasteiger partial charge in [0.05, 0.1) is 5.69 Å². The Hall–Kier alpha value is -2.98. The van der Waals surface area contributed by atoms with Crippen LogP contribution in [-0.4, -0.2) is 45.6 Å². The molecule has 0 spiro atoms. The smallest absolute Gasteiger partial charge is 0.422 e. The fraction of sp³-hybridized carbons (Fsp3) is 0.381. The highest BCUT2D eigenvalue weighted by Crippen LogP contribution is 2.27. The minimum Gasteiger partial charge on any atom is -0.484 e. The molecule has 2 heterocycles. The van der Waals surface area contributed by atoms with Gasteiger partial charge in [0.15, 0.2) is 6.61 Å². The van der Waals surface area contributed by atoms with Crippen LogP contribution in [-0.2, 0) is 6.54 Å². The molecular formula is C21H23F3N6O. The molecule has 1 saturated heterocycles. The molecule has 0 bridgehead atoms. The Morgan fingerprint density at radius 2 is 2.00 bits per heavy atom. The minimum atomic E-state index is -4.41. The first-order chi connectivity index (χ1) is 15.0. The van der Waals surface area contributed by atoms with Gasteiger partial charge in [-0.25, -0.2) is 4.68 Å². The van der Waals surface area contributed by atoms with Crippen molar-refractivity contribution < 1.29 is 17.9 Å². The van der Waals surface area contributed by atoms with Crippen LogP contribution < -0.4 is 15.4 Å². The van der Waals surface area contributed by atoms with E-state index in [1.165, 1.54) is 22.6 Å². The van der Waals surface area contributed by atoms with E-state index in [4.69, 9.17) is 4.74 Å². The Balaban J connectivity index is 1.54. The molecule has 31 heavy (non-hydrogen) atoms. The molecule has 1 aromatic heterocycles. The highest BCUT2D eigenvalue weighted by Gasteiger charge is 2.29. The fourth-order valence-electron chi connectivity index (χ4n) is 3.79. The van der Waals surface area contributed by atoms with Crippen LogP contribution in [0.1, 0.15) is 30.0 Å². The van der Waals surface area contributed by atoms with Gasteiger partial charge >= 0.3 is 6.18 Å². The second-order valence-corrected chi connectivity index (χ2v) is 7.42. The molecule has 0 aliphatic carbocycles. The number of aromatic nitrogens is 4. The van der Waals surface area contributed by atoms with Crippen LogP contribution >= 0.6 is 0 Å². The third-order valence-electron chi connectivity index (χ3n) is 5.22. The van der Waals surface area contributed by atoms with Crippen LogP contribution in [0, 0.1) is 0 Å². The van der Waals surface area contributed by atoms with Crippen molar-refractivity contribution in [3.63, 3.8) is 0 Å². The van der Waals surface area contributed by atoms with E-state index in [-0.39, 0.29) is 17.8 Å². The van der Waals surface area contributed by atoms with E-state index >= 15 is 0 Å². The third kappa shape index (κ3) is 5.59. The number of ether oxygens (including phenoxy) is 1. The molecule has 7 nitrogen and oxygen atoms in total. The molecular weight excluding hydrogens is 409 g/mol. The Morgan fingerprint density at radius 3 is 2.74 bits per heavy atom. The summed E-state index contributed by atoms with van der Waals surface area (Å²) in [5.74, 6) is 0.182. The first-order valence-electron chi connectivity index (χ1n) is 10.1. The van der Waals surface area contributed by atoms with Gasteiger partial charge in [-0.3, -0.25) is 0 Å². The third-order valence-corrected chi connectivity index (χ3v) is 5.22. The largest absolute Gasteiger partial charge is 0.484 e. The molecule has 10 heteroatoms. The summed E-state index contributed by atoms with van der Waals surface area (Å²) in [7, 11) is 0. The quantitative estimate of drug-likeness (QED) is 0.597. The lowest BCUT2D eigenvalue weighted by Gasteiger charge is -2.34. The predicted octanol–water partition coefficient (Wildman–Crippen LogP) is 3.19. The van der Waals surface area contributed by atoms with Crippen molar-refractivity contribution in [2.75, 3.05) is 13.2 Å². The molecule has 0 radical (unpaired) electrons. The highest BCUT2D eigenvalue weighted by molar-refractivity contribution is 5.43. The zero-order valence-corrected chi connectivity index (χ0v) is 16.7. The van der Waals surface area contributed by atoms with Gasteiger partial charge in [-0.15, -0.1) is 5.10 Å². The van der Waals surface area contributed by atoms with Crippen LogP contribution in [0.2, 0.25) is 0 Å². The number of tetrazole rings is 1. The summed E-state index contributed by atoms with van der Waals surface area (Å²) >= 11 is 0. The van der Waals surface area contributed by atoms with Crippen LogP contribution in [0.15, 0.2) is 54.9 Å². The van der Waals surface area contributed by atoms with Crippen LogP contribution in [0.4, 0.5) is 13.2 Å². The van der Waals surface area contributed by atoms with Gasteiger partial charge in [0.1, 0.15) is 12.1 Å². The van der Waals surface area contributed by atoms with Gasteiger partial charge in [-0.1, -0.05) is 30.3 Å². The molecule has 1 aliphatic heterocycles. The number of rotatable bonds is 7. The summed E-state index contributed by atoms with van der Waals surface area (Å²) in [6, 6.07) is 15.3. The zero-order valence-electron chi connectivity index (χ0n) is 16.7. The van der Waals surface area contributed by atoms with Gasteiger partial charge in [-0.05, 0) is 53.6 Å². The normalized spacial score (nSPS) is 19.3. The minimum absolute atomic E-state index is 0.122. The molecule has 1 aliphatic rings. The van der Waals surface area contributed by atoms with Crippen molar-refractivity contribution in [1.82, 2.24) is 30.8 Å². The Bertz CT molecular complexity index is 965. The van der Waals surface area contributed by atoms with Crippen molar-refractivity contribution in [2.24, 2.45) is 0 Å². The SMILES string of the molecule is FC(F)(F)COc1ccc(-n2cnnn2)cc1CN[C@H]1CCCN[C@H]1c1ccccc1. The van der Waals surface area contributed by atoms with E-state index in [2.05, 4.69) is 38.3 Å². The van der Waals surface area contributed by atoms with E-state index in [1.807, 2.05) is 18.2 Å². The summed E-state index contributed by atoms with van der Waals surface area (Å²) in [5.41, 5.74) is 2.42. The molecule has 2 atom stereocenters. The Morgan fingerprint density at radius 1 is 1.16 bits per heavy atom. The second kappa shape index (κ2) is 9.44. The van der Waals surface area contributed by atoms with Gasteiger partial charge in [-0.2, -0.15) is 13.2 Å². The number of benzene rings is 2. The number of hydrogen-bond donors (Lipinski definition) is 2. The van der Waals surface area contributed by atoms with Crippen molar-refractivity contribution in [3.8, 4) is 11.4 Å². The van der Waals surface area contributed by atoms with Crippen LogP contribution in [0.5, 0.6) is 5.75 Å². The molecule has 4 rings (SSSR count). The van der Waals surface area contributed by atoms with E-state index in [0.717, 1.165) is 19.4 Å². The maximum atomic E-state index is 12.7. The molecule has 2 aromatic carbocycles. The summed E-state index contributed by atoms with van der Waals surface area (Å²) in [6.07, 6.45) is -1.01. The van der Waals surface area contributed by atoms with Crippen molar-refractivity contribution in [3.05, 3.63) is 66.0 Å². The standard InChI is InChI=1S/C21H23F3N6O/c22-21(23,24)13-31-19-9-8-17(30-14-27-28-29-30)11-16(19)12-26-18-7-4-10-25-20(18)15-5-2-1-3-6-15/h1-3,5-6,8-9,11,14,18,20,25-26H,4,7,10,12-13H2/t18-,20-/m0/s1. The van der Waals surface area contributed by atoms with E-state index in [9.17, 15) is 13.2 Å². The van der Waals surface area contributed by atoms with Crippen LogP contribution in [0.3, 0.4) is 0 Å². The van der Waals surface area contributed by atoms with Gasteiger partial charge in [0.25, 0.3) is 0 Å². The van der Waals surface area contributed by atoms with Gasteiger partial charge in [0, 0.05) is 24.2 Å². The lowest BCUT2D eigenvalue weighted by molar-refractivity contribution is -0.153. The first kappa shape index (κ1) is 21.3. The Labute approximate surface area is 177 Å². The highest BCUT2D eigenvalue weighted by atomic mass is 19.4. The average Bonchev–Trinajstić information content (AvgIpc) is 3.32. The summed E-state index contributed by atoms with van der Waals surface area (Å²) < 4.78 is 44.7. The van der Waals surface area contributed by atoms with Crippen molar-refractivity contribution >= 4 is 0 Å². The number of halogens is 3. The zero-order chi connectivity index (χ0) is 21.7. The predicted molar refractivity (Wildman–Crippen MR) is 108 cm³/mol. The molecule has 0 amide bonds. The van der Waals surface area contributed by atoms with E-state index in [0.29, 0.717) is 17.8 Å². The lowest BCUT2D eigenvalue weighted by atomic mass is 9.92. The van der Waals surface area contributed by atoms with Gasteiger partial charge in [0.2, 0.25) is 0 Å². The number of nitrogens with zero attached hydrogens (tertiary/aromatic N) is 4. The maximum absolute atomic E-state index is 12.7. The topological polar surface area (TPSA) is 76.9 Å². The van der Waals surface area contributed by atoms with Crippen molar-refractivity contribution in [2.45, 2.75) is 37.6 Å². The molecule has 164 valence electrons. The summed E-state index contributed by atoms with van der Waals surface area (Å²) in [4.78, 5) is 0. The fourth-order valence-corrected chi connectivity index (χ4v) is 3.79. The van der Waals surface area contributed by atoms with Crippen molar-refractivity contribution in [1.29, 1.82) is 0 Å². The number of piperidine rings is 1. The Kier molecular flexibility index (Phi) is 6.47. The first-order valence-corrected chi connectivity index (χ1v) is 10.1. The van der Waals surface area contributed by atoms with E-state index in [1.54, 1.807) is 12.1 Å². The molecule has 1 fully saturated rings. The molecule has 3 aromatic rings. The summed E-state index contributed by atoms with van der Waals surface area (Å²) in [6.45, 7) is -0.0762. The number of nitrogens with one attached hydrogen (secondary N) is 2. The number of hydrogen-bond acceptors (Lipinski definition) is 6. The maximum Gasteiger partial charge on any atom is 0.422 e. The molecule has 0 saturated carbocycles. The molecule has 2 N–H and O–H groups in total. The monoisotopic (exact) mass is 432 g/mol. The average molecular weight is 432 g/mol. The summed E-state index contributed by atoms with van der Waals surface area (Å²) in [5, 5.41) is 18.1. The van der Waals surface area contributed by atoms with E-state index < -0.39 is 12.8 Å². The second-order valence-electron chi connectivity index (χ2n) is 7.42. The number of alkyl halides is 3. The van der Waals surface area contributed by atoms with Gasteiger partial charge < -0.3 is 15.4 Å². The van der Waals surface area contributed by atoms with Crippen LogP contribution in [0.25, 0.3) is 5.69 Å². The molecule has 0 unspecified atom stereocenters.